The van der Waals surface area contributed by atoms with Crippen molar-refractivity contribution in [2.24, 2.45) is 0 Å². The van der Waals surface area contributed by atoms with Crippen LogP contribution in [-0.2, 0) is 0 Å². The molecule has 1 heterocycles. The van der Waals surface area contributed by atoms with E-state index in [0.717, 1.165) is 13.0 Å². The average molecular weight is 279 g/mol. The standard InChI is InChI=1S/C16H25NO3/c1-3-13-15(19)16(20)14(18)10-17(13)9-11(2)12-7-5-4-6-8-12/h4-8,11,13-16,18-20H,3,9-10H2,1-2H3/t11-,13+,14+,15-,16-/m1/s1. The van der Waals surface area contributed by atoms with Gasteiger partial charge in [0.2, 0.25) is 0 Å². The highest BCUT2D eigenvalue weighted by molar-refractivity contribution is 5.19. The van der Waals surface area contributed by atoms with Crippen molar-refractivity contribution in [1.82, 2.24) is 4.90 Å². The van der Waals surface area contributed by atoms with Crippen molar-refractivity contribution in [3.8, 4) is 0 Å². The summed E-state index contributed by atoms with van der Waals surface area (Å²) in [6.45, 7) is 5.32. The monoisotopic (exact) mass is 279 g/mol. The highest BCUT2D eigenvalue weighted by Crippen LogP contribution is 2.25. The molecule has 5 atom stereocenters. The number of likely N-dealkylation sites (tertiary alicyclic amines) is 1. The molecule has 20 heavy (non-hydrogen) atoms. The summed E-state index contributed by atoms with van der Waals surface area (Å²) in [6, 6.07) is 10.1. The maximum absolute atomic E-state index is 10.1. The van der Waals surface area contributed by atoms with Crippen LogP contribution in [0.4, 0.5) is 0 Å². The highest BCUT2D eigenvalue weighted by atomic mass is 16.4. The van der Waals surface area contributed by atoms with Crippen LogP contribution < -0.4 is 0 Å². The first-order valence-electron chi connectivity index (χ1n) is 7.37. The van der Waals surface area contributed by atoms with E-state index in [4.69, 9.17) is 0 Å². The Kier molecular flexibility index (Phi) is 5.16. The van der Waals surface area contributed by atoms with Gasteiger partial charge in [-0.3, -0.25) is 4.90 Å². The van der Waals surface area contributed by atoms with Crippen LogP contribution in [0, 0.1) is 0 Å². The lowest BCUT2D eigenvalue weighted by atomic mass is 9.90. The molecule has 0 bridgehead atoms. The summed E-state index contributed by atoms with van der Waals surface area (Å²) < 4.78 is 0. The second-order valence-corrected chi connectivity index (χ2v) is 5.79. The van der Waals surface area contributed by atoms with E-state index in [1.165, 1.54) is 5.56 Å². The fourth-order valence-electron chi connectivity index (χ4n) is 3.10. The molecule has 1 saturated heterocycles. The molecule has 0 amide bonds. The number of benzene rings is 1. The van der Waals surface area contributed by atoms with Crippen LogP contribution in [0.25, 0.3) is 0 Å². The molecule has 4 nitrogen and oxygen atoms in total. The number of nitrogens with zero attached hydrogens (tertiary/aromatic N) is 1. The zero-order valence-corrected chi connectivity index (χ0v) is 12.2. The summed E-state index contributed by atoms with van der Waals surface area (Å²) in [5, 5.41) is 29.8. The first-order valence-corrected chi connectivity index (χ1v) is 7.37. The quantitative estimate of drug-likeness (QED) is 0.768. The molecule has 0 unspecified atom stereocenters. The summed E-state index contributed by atoms with van der Waals surface area (Å²) in [6.07, 6.45) is -2.04. The van der Waals surface area contributed by atoms with Crippen LogP contribution >= 0.6 is 0 Å². The normalized spacial score (nSPS) is 33.0. The summed E-state index contributed by atoms with van der Waals surface area (Å²) >= 11 is 0. The smallest absolute Gasteiger partial charge is 0.108 e. The van der Waals surface area contributed by atoms with Crippen molar-refractivity contribution in [2.75, 3.05) is 13.1 Å². The lowest BCUT2D eigenvalue weighted by molar-refractivity contribution is -0.138. The number of aliphatic hydroxyl groups is 3. The summed E-state index contributed by atoms with van der Waals surface area (Å²) in [5.41, 5.74) is 1.25. The van der Waals surface area contributed by atoms with Crippen LogP contribution in [0.2, 0.25) is 0 Å². The predicted molar refractivity (Wildman–Crippen MR) is 78.5 cm³/mol. The molecule has 3 N–H and O–H groups in total. The van der Waals surface area contributed by atoms with Crippen LogP contribution in [0.1, 0.15) is 31.7 Å². The second kappa shape index (κ2) is 6.68. The van der Waals surface area contributed by atoms with E-state index >= 15 is 0 Å². The van der Waals surface area contributed by atoms with Crippen LogP contribution in [-0.4, -0.2) is 57.7 Å². The van der Waals surface area contributed by atoms with Gasteiger partial charge in [-0.05, 0) is 17.9 Å². The molecule has 1 aromatic carbocycles. The molecule has 1 fully saturated rings. The summed E-state index contributed by atoms with van der Waals surface area (Å²) in [7, 11) is 0. The fraction of sp³-hybridized carbons (Fsp3) is 0.625. The molecule has 1 aliphatic heterocycles. The molecule has 1 aromatic rings. The molecular weight excluding hydrogens is 254 g/mol. The van der Waals surface area contributed by atoms with Gasteiger partial charge in [0.05, 0.1) is 12.2 Å². The van der Waals surface area contributed by atoms with Gasteiger partial charge in [0.15, 0.2) is 0 Å². The van der Waals surface area contributed by atoms with E-state index in [2.05, 4.69) is 24.0 Å². The zero-order chi connectivity index (χ0) is 14.7. The third kappa shape index (κ3) is 3.20. The van der Waals surface area contributed by atoms with Crippen molar-refractivity contribution in [2.45, 2.75) is 50.5 Å². The van der Waals surface area contributed by atoms with E-state index < -0.39 is 18.3 Å². The van der Waals surface area contributed by atoms with Gasteiger partial charge in [-0.25, -0.2) is 0 Å². The second-order valence-electron chi connectivity index (χ2n) is 5.79. The molecule has 1 aliphatic rings. The van der Waals surface area contributed by atoms with E-state index in [0.29, 0.717) is 12.5 Å². The third-order valence-electron chi connectivity index (χ3n) is 4.32. The van der Waals surface area contributed by atoms with Gasteiger partial charge in [0.25, 0.3) is 0 Å². The average Bonchev–Trinajstić information content (AvgIpc) is 2.46. The van der Waals surface area contributed by atoms with E-state index in [9.17, 15) is 15.3 Å². The number of hydrogen-bond donors (Lipinski definition) is 3. The zero-order valence-electron chi connectivity index (χ0n) is 12.2. The number of rotatable bonds is 4. The van der Waals surface area contributed by atoms with Crippen LogP contribution in [0.3, 0.4) is 0 Å². The van der Waals surface area contributed by atoms with Crippen molar-refractivity contribution in [1.29, 1.82) is 0 Å². The van der Waals surface area contributed by atoms with Gasteiger partial charge >= 0.3 is 0 Å². The Balaban J connectivity index is 2.07. The first-order chi connectivity index (χ1) is 9.54. The van der Waals surface area contributed by atoms with Gasteiger partial charge in [-0.15, -0.1) is 0 Å². The molecule has 0 saturated carbocycles. The number of β-amino-alcohol motifs (C(OH)–C–C–N with tert-alkyl or cyclic N) is 1. The van der Waals surface area contributed by atoms with E-state index in [-0.39, 0.29) is 6.04 Å². The van der Waals surface area contributed by atoms with Crippen molar-refractivity contribution >= 4 is 0 Å². The molecule has 0 spiro atoms. The van der Waals surface area contributed by atoms with Gasteiger partial charge in [-0.1, -0.05) is 44.2 Å². The Morgan fingerprint density at radius 1 is 1.15 bits per heavy atom. The Morgan fingerprint density at radius 2 is 1.80 bits per heavy atom. The molecule has 0 aromatic heterocycles. The highest BCUT2D eigenvalue weighted by Gasteiger charge is 2.40. The fourth-order valence-corrected chi connectivity index (χ4v) is 3.10. The molecule has 0 aliphatic carbocycles. The molecule has 2 rings (SSSR count). The topological polar surface area (TPSA) is 63.9 Å². The number of hydrogen-bond acceptors (Lipinski definition) is 4. The molecular formula is C16H25NO3. The predicted octanol–water partition coefficient (Wildman–Crippen LogP) is 0.967. The van der Waals surface area contributed by atoms with Gasteiger partial charge in [0.1, 0.15) is 6.10 Å². The van der Waals surface area contributed by atoms with Crippen LogP contribution in [0.5, 0.6) is 0 Å². The minimum atomic E-state index is -1.04. The number of piperidine rings is 1. The van der Waals surface area contributed by atoms with Crippen molar-refractivity contribution in [3.05, 3.63) is 35.9 Å². The van der Waals surface area contributed by atoms with Crippen molar-refractivity contribution in [3.63, 3.8) is 0 Å². The lowest BCUT2D eigenvalue weighted by Crippen LogP contribution is -2.61. The largest absolute Gasteiger partial charge is 0.389 e. The SMILES string of the molecule is CC[C@H]1[C@@H](O)[C@H](O)[C@@H](O)CN1C[C@@H](C)c1ccccc1. The Bertz CT molecular complexity index is 411. The van der Waals surface area contributed by atoms with Gasteiger partial charge < -0.3 is 15.3 Å². The van der Waals surface area contributed by atoms with Gasteiger partial charge in [-0.2, -0.15) is 0 Å². The number of aliphatic hydroxyl groups excluding tert-OH is 3. The Hall–Kier alpha value is -0.940. The van der Waals surface area contributed by atoms with E-state index in [1.807, 2.05) is 25.1 Å². The lowest BCUT2D eigenvalue weighted by Gasteiger charge is -2.44. The summed E-state index contributed by atoms with van der Waals surface area (Å²) in [4.78, 5) is 2.10. The van der Waals surface area contributed by atoms with Gasteiger partial charge in [0, 0.05) is 19.1 Å². The molecule has 0 radical (unpaired) electrons. The molecule has 4 heteroatoms. The third-order valence-corrected chi connectivity index (χ3v) is 4.32. The minimum Gasteiger partial charge on any atom is -0.389 e. The Labute approximate surface area is 120 Å². The minimum absolute atomic E-state index is 0.0976. The van der Waals surface area contributed by atoms with Crippen LogP contribution in [0.15, 0.2) is 30.3 Å². The van der Waals surface area contributed by atoms with Crippen molar-refractivity contribution < 1.29 is 15.3 Å². The molecule has 112 valence electrons. The summed E-state index contributed by atoms with van der Waals surface area (Å²) in [5.74, 6) is 0.319. The van der Waals surface area contributed by atoms with E-state index in [1.54, 1.807) is 0 Å². The Morgan fingerprint density at radius 3 is 2.40 bits per heavy atom. The maximum atomic E-state index is 10.1. The maximum Gasteiger partial charge on any atom is 0.108 e. The first kappa shape index (κ1) is 15.4.